The highest BCUT2D eigenvalue weighted by Gasteiger charge is 2.35. The standard InChI is InChI=1S/C18H22O6/c1-3-23-17(21)15(16(20)18(22)24-4-2)12-14(19)11-10-13-8-6-5-7-9-13/h5-11,15-16,20H,3-4,12H2,1-2H3/b11-10+/t15-,16+/m0/s1. The number of ether oxygens (including phenoxy) is 2. The first kappa shape index (κ1) is 19.6. The lowest BCUT2D eigenvalue weighted by molar-refractivity contribution is -0.166. The predicted molar refractivity (Wildman–Crippen MR) is 87.9 cm³/mol. The van der Waals surface area contributed by atoms with Gasteiger partial charge in [-0.2, -0.15) is 0 Å². The van der Waals surface area contributed by atoms with Crippen molar-refractivity contribution in [3.8, 4) is 0 Å². The predicted octanol–water partition coefficient (Wildman–Crippen LogP) is 1.76. The summed E-state index contributed by atoms with van der Waals surface area (Å²) in [6.45, 7) is 3.33. The van der Waals surface area contributed by atoms with Crippen molar-refractivity contribution in [2.24, 2.45) is 5.92 Å². The molecule has 0 aliphatic rings. The second kappa shape index (κ2) is 10.3. The number of esters is 2. The molecule has 0 radical (unpaired) electrons. The van der Waals surface area contributed by atoms with E-state index in [1.807, 2.05) is 30.3 Å². The van der Waals surface area contributed by atoms with Gasteiger partial charge in [-0.25, -0.2) is 4.79 Å². The molecule has 0 aliphatic carbocycles. The molecule has 6 heteroatoms. The number of hydrogen-bond acceptors (Lipinski definition) is 6. The molecule has 0 saturated heterocycles. The van der Waals surface area contributed by atoms with Crippen molar-refractivity contribution in [1.82, 2.24) is 0 Å². The van der Waals surface area contributed by atoms with Gasteiger partial charge in [-0.15, -0.1) is 0 Å². The number of ketones is 1. The maximum Gasteiger partial charge on any atom is 0.335 e. The van der Waals surface area contributed by atoms with Gasteiger partial charge in [-0.1, -0.05) is 36.4 Å². The fraction of sp³-hybridized carbons (Fsp3) is 0.389. The number of carbonyl (C=O) groups excluding carboxylic acids is 3. The molecule has 0 fully saturated rings. The maximum absolute atomic E-state index is 12.1. The van der Waals surface area contributed by atoms with Gasteiger partial charge in [0, 0.05) is 6.42 Å². The van der Waals surface area contributed by atoms with Crippen molar-refractivity contribution in [1.29, 1.82) is 0 Å². The number of allylic oxidation sites excluding steroid dienone is 1. The Morgan fingerprint density at radius 1 is 1.04 bits per heavy atom. The van der Waals surface area contributed by atoms with Gasteiger partial charge in [0.15, 0.2) is 11.9 Å². The van der Waals surface area contributed by atoms with Crippen LogP contribution in [0, 0.1) is 5.92 Å². The summed E-state index contributed by atoms with van der Waals surface area (Å²) in [6, 6.07) is 9.15. The van der Waals surface area contributed by atoms with Crippen molar-refractivity contribution in [2.45, 2.75) is 26.4 Å². The van der Waals surface area contributed by atoms with Crippen molar-refractivity contribution in [3.63, 3.8) is 0 Å². The Morgan fingerprint density at radius 3 is 2.21 bits per heavy atom. The topological polar surface area (TPSA) is 89.9 Å². The zero-order valence-corrected chi connectivity index (χ0v) is 13.8. The molecule has 1 aromatic rings. The third-order valence-corrected chi connectivity index (χ3v) is 3.18. The molecule has 130 valence electrons. The minimum absolute atomic E-state index is 0.0628. The summed E-state index contributed by atoms with van der Waals surface area (Å²) < 4.78 is 9.53. The van der Waals surface area contributed by atoms with Gasteiger partial charge in [0.2, 0.25) is 0 Å². The molecule has 0 unspecified atom stereocenters. The lowest BCUT2D eigenvalue weighted by atomic mass is 9.95. The molecule has 0 saturated carbocycles. The largest absolute Gasteiger partial charge is 0.466 e. The summed E-state index contributed by atoms with van der Waals surface area (Å²) in [5.41, 5.74) is 0.824. The minimum atomic E-state index is -1.74. The molecule has 1 aromatic carbocycles. The molecule has 0 heterocycles. The van der Waals surface area contributed by atoms with Crippen molar-refractivity contribution >= 4 is 23.8 Å². The van der Waals surface area contributed by atoms with Crippen molar-refractivity contribution in [2.75, 3.05) is 13.2 Å². The molecular formula is C18H22O6. The van der Waals surface area contributed by atoms with E-state index in [4.69, 9.17) is 9.47 Å². The lowest BCUT2D eigenvalue weighted by Crippen LogP contribution is -2.38. The molecule has 0 amide bonds. The fourth-order valence-electron chi connectivity index (χ4n) is 2.00. The second-order valence-corrected chi connectivity index (χ2v) is 4.97. The highest BCUT2D eigenvalue weighted by molar-refractivity contribution is 5.97. The summed E-state index contributed by atoms with van der Waals surface area (Å²) >= 11 is 0. The zero-order valence-electron chi connectivity index (χ0n) is 13.8. The van der Waals surface area contributed by atoms with Crippen LogP contribution in [0.15, 0.2) is 36.4 Å². The van der Waals surface area contributed by atoms with E-state index in [9.17, 15) is 19.5 Å². The number of rotatable bonds is 9. The Labute approximate surface area is 141 Å². The highest BCUT2D eigenvalue weighted by Crippen LogP contribution is 2.15. The van der Waals surface area contributed by atoms with E-state index in [-0.39, 0.29) is 19.6 Å². The molecule has 0 aromatic heterocycles. The SMILES string of the molecule is CCOC(=O)[C@@H](CC(=O)/C=C/c1ccccc1)[C@@H](O)C(=O)OCC. The Hall–Kier alpha value is -2.47. The summed E-state index contributed by atoms with van der Waals surface area (Å²) in [5.74, 6) is -3.45. The summed E-state index contributed by atoms with van der Waals surface area (Å²) in [5, 5.41) is 9.99. The van der Waals surface area contributed by atoms with E-state index >= 15 is 0 Å². The van der Waals surface area contributed by atoms with Gasteiger partial charge < -0.3 is 14.6 Å². The second-order valence-electron chi connectivity index (χ2n) is 4.97. The van der Waals surface area contributed by atoms with Gasteiger partial charge >= 0.3 is 11.9 Å². The molecule has 24 heavy (non-hydrogen) atoms. The van der Waals surface area contributed by atoms with Crippen molar-refractivity contribution < 1.29 is 29.0 Å². The number of aliphatic hydroxyl groups is 1. The summed E-state index contributed by atoms with van der Waals surface area (Å²) in [4.78, 5) is 35.6. The molecule has 2 atom stereocenters. The Bertz CT molecular complexity index is 578. The number of hydrogen-bond donors (Lipinski definition) is 1. The number of benzene rings is 1. The Balaban J connectivity index is 2.79. The van der Waals surface area contributed by atoms with Crippen LogP contribution in [-0.4, -0.2) is 42.1 Å². The van der Waals surface area contributed by atoms with E-state index in [0.29, 0.717) is 0 Å². The van der Waals surface area contributed by atoms with Crippen LogP contribution in [0.1, 0.15) is 25.8 Å². The summed E-state index contributed by atoms with van der Waals surface area (Å²) in [7, 11) is 0. The smallest absolute Gasteiger partial charge is 0.335 e. The van der Waals surface area contributed by atoms with Gasteiger partial charge in [0.1, 0.15) is 5.92 Å². The van der Waals surface area contributed by atoms with E-state index in [1.54, 1.807) is 19.9 Å². The lowest BCUT2D eigenvalue weighted by Gasteiger charge is -2.18. The zero-order chi connectivity index (χ0) is 17.9. The van der Waals surface area contributed by atoms with Gasteiger partial charge in [0.05, 0.1) is 13.2 Å². The molecule has 0 bridgehead atoms. The fourth-order valence-corrected chi connectivity index (χ4v) is 2.00. The first-order chi connectivity index (χ1) is 11.5. The average Bonchev–Trinajstić information content (AvgIpc) is 2.58. The van der Waals surface area contributed by atoms with Crippen LogP contribution < -0.4 is 0 Å². The molecule has 1 rings (SSSR count). The number of aliphatic hydroxyl groups excluding tert-OH is 1. The third kappa shape index (κ3) is 6.34. The molecule has 0 aliphatic heterocycles. The van der Waals surface area contributed by atoms with Gasteiger partial charge in [-0.05, 0) is 25.5 Å². The van der Waals surface area contributed by atoms with Crippen LogP contribution >= 0.6 is 0 Å². The normalized spacial score (nSPS) is 13.3. The molecular weight excluding hydrogens is 312 g/mol. The molecule has 1 N–H and O–H groups in total. The Morgan fingerprint density at radius 2 is 1.62 bits per heavy atom. The van der Waals surface area contributed by atoms with Crippen molar-refractivity contribution in [3.05, 3.63) is 42.0 Å². The van der Waals surface area contributed by atoms with Gasteiger partial charge in [-0.3, -0.25) is 9.59 Å². The van der Waals surface area contributed by atoms with Crippen LogP contribution in [-0.2, 0) is 23.9 Å². The molecule has 0 spiro atoms. The average molecular weight is 334 g/mol. The highest BCUT2D eigenvalue weighted by atomic mass is 16.6. The van der Waals surface area contributed by atoms with Crippen LogP contribution in [0.2, 0.25) is 0 Å². The number of carbonyl (C=O) groups is 3. The van der Waals surface area contributed by atoms with Crippen LogP contribution in [0.4, 0.5) is 0 Å². The minimum Gasteiger partial charge on any atom is -0.466 e. The van der Waals surface area contributed by atoms with Crippen LogP contribution in [0.25, 0.3) is 6.08 Å². The summed E-state index contributed by atoms with van der Waals surface area (Å²) in [6.07, 6.45) is 0.821. The van der Waals surface area contributed by atoms with E-state index < -0.39 is 29.7 Å². The van der Waals surface area contributed by atoms with E-state index in [2.05, 4.69) is 0 Å². The van der Waals surface area contributed by atoms with E-state index in [0.717, 1.165) is 5.56 Å². The monoisotopic (exact) mass is 334 g/mol. The Kier molecular flexibility index (Phi) is 8.43. The van der Waals surface area contributed by atoms with Crippen LogP contribution in [0.3, 0.4) is 0 Å². The van der Waals surface area contributed by atoms with Gasteiger partial charge in [0.25, 0.3) is 0 Å². The maximum atomic E-state index is 12.1. The first-order valence-corrected chi connectivity index (χ1v) is 7.76. The third-order valence-electron chi connectivity index (χ3n) is 3.18. The van der Waals surface area contributed by atoms with Crippen LogP contribution in [0.5, 0.6) is 0 Å². The molecule has 6 nitrogen and oxygen atoms in total. The first-order valence-electron chi connectivity index (χ1n) is 7.76. The quantitative estimate of drug-likeness (QED) is 0.547. The van der Waals surface area contributed by atoms with E-state index in [1.165, 1.54) is 6.08 Å².